The number of benzene rings is 1. The minimum atomic E-state index is -2.73. The van der Waals surface area contributed by atoms with Gasteiger partial charge in [-0.25, -0.2) is 8.78 Å². The van der Waals surface area contributed by atoms with Crippen molar-refractivity contribution in [1.82, 2.24) is 0 Å². The standard InChI is InChI=1S/C11H12F2N2/c1-8-3-5-9(6-4-8)15-11(2,7-14)10(12)13/h3-6,10,15H,1-2H3. The summed E-state index contributed by atoms with van der Waals surface area (Å²) >= 11 is 0. The molecule has 0 aliphatic rings. The van der Waals surface area contributed by atoms with Gasteiger partial charge < -0.3 is 5.32 Å². The molecule has 0 saturated carbocycles. The van der Waals surface area contributed by atoms with Gasteiger partial charge in [-0.05, 0) is 26.0 Å². The van der Waals surface area contributed by atoms with Crippen molar-refractivity contribution in [3.05, 3.63) is 29.8 Å². The summed E-state index contributed by atoms with van der Waals surface area (Å²) in [5, 5.41) is 11.2. The molecule has 1 N–H and O–H groups in total. The van der Waals surface area contributed by atoms with Crippen LogP contribution in [0.15, 0.2) is 24.3 Å². The summed E-state index contributed by atoms with van der Waals surface area (Å²) in [6.07, 6.45) is -2.73. The largest absolute Gasteiger partial charge is 0.363 e. The SMILES string of the molecule is Cc1ccc(NC(C)(C#N)C(F)F)cc1. The molecule has 0 spiro atoms. The predicted octanol–water partition coefficient (Wildman–Crippen LogP) is 2.95. The summed E-state index contributed by atoms with van der Waals surface area (Å²) in [4.78, 5) is 0. The first kappa shape index (κ1) is 11.4. The Morgan fingerprint density at radius 2 is 1.87 bits per heavy atom. The lowest BCUT2D eigenvalue weighted by atomic mass is 10.1. The van der Waals surface area contributed by atoms with Gasteiger partial charge in [0.1, 0.15) is 0 Å². The van der Waals surface area contributed by atoms with Crippen LogP contribution < -0.4 is 5.32 Å². The van der Waals surface area contributed by atoms with Crippen LogP contribution in [0.2, 0.25) is 0 Å². The summed E-state index contributed by atoms with van der Waals surface area (Å²) in [5.74, 6) is 0. The topological polar surface area (TPSA) is 35.8 Å². The van der Waals surface area contributed by atoms with Gasteiger partial charge in [0.15, 0.2) is 5.54 Å². The van der Waals surface area contributed by atoms with Crippen LogP contribution in [0, 0.1) is 18.3 Å². The maximum atomic E-state index is 12.6. The molecule has 1 rings (SSSR count). The van der Waals surface area contributed by atoms with Gasteiger partial charge in [-0.1, -0.05) is 17.7 Å². The third kappa shape index (κ3) is 2.66. The Morgan fingerprint density at radius 1 is 1.33 bits per heavy atom. The zero-order chi connectivity index (χ0) is 11.5. The highest BCUT2D eigenvalue weighted by atomic mass is 19.3. The molecule has 0 amide bonds. The maximum absolute atomic E-state index is 12.6. The number of nitrogens with one attached hydrogen (secondary N) is 1. The molecule has 0 saturated heterocycles. The zero-order valence-electron chi connectivity index (χ0n) is 8.59. The van der Waals surface area contributed by atoms with Gasteiger partial charge in [-0.2, -0.15) is 5.26 Å². The van der Waals surface area contributed by atoms with Gasteiger partial charge in [0.2, 0.25) is 0 Å². The maximum Gasteiger partial charge on any atom is 0.274 e. The van der Waals surface area contributed by atoms with Gasteiger partial charge in [0, 0.05) is 5.69 Å². The highest BCUT2D eigenvalue weighted by Crippen LogP contribution is 2.21. The van der Waals surface area contributed by atoms with Gasteiger partial charge in [-0.3, -0.25) is 0 Å². The van der Waals surface area contributed by atoms with E-state index >= 15 is 0 Å². The Bertz CT molecular complexity index is 367. The van der Waals surface area contributed by atoms with E-state index in [0.717, 1.165) is 5.56 Å². The lowest BCUT2D eigenvalue weighted by Gasteiger charge is -2.23. The molecular formula is C11H12F2N2. The van der Waals surface area contributed by atoms with E-state index in [9.17, 15) is 8.78 Å². The van der Waals surface area contributed by atoms with Crippen molar-refractivity contribution >= 4 is 5.69 Å². The Balaban J connectivity index is 2.85. The molecule has 1 unspecified atom stereocenters. The van der Waals surface area contributed by atoms with E-state index in [0.29, 0.717) is 5.69 Å². The molecule has 1 aromatic rings. The smallest absolute Gasteiger partial charge is 0.274 e. The lowest BCUT2D eigenvalue weighted by molar-refractivity contribution is 0.102. The highest BCUT2D eigenvalue weighted by molar-refractivity contribution is 5.48. The molecule has 0 aliphatic carbocycles. The summed E-state index contributed by atoms with van der Waals surface area (Å²) in [5.41, 5.74) is -0.281. The molecule has 2 nitrogen and oxygen atoms in total. The molecule has 1 atom stereocenters. The van der Waals surface area contributed by atoms with Crippen LogP contribution in [-0.4, -0.2) is 12.0 Å². The van der Waals surface area contributed by atoms with Crippen molar-refractivity contribution in [2.24, 2.45) is 0 Å². The van der Waals surface area contributed by atoms with Crippen LogP contribution in [0.25, 0.3) is 0 Å². The number of nitrogens with zero attached hydrogens (tertiary/aromatic N) is 1. The predicted molar refractivity (Wildman–Crippen MR) is 54.8 cm³/mol. The van der Waals surface area contributed by atoms with Gasteiger partial charge in [0.25, 0.3) is 6.43 Å². The number of halogens is 2. The third-order valence-corrected chi connectivity index (χ3v) is 2.12. The fourth-order valence-corrected chi connectivity index (χ4v) is 1.07. The van der Waals surface area contributed by atoms with E-state index in [1.807, 2.05) is 6.92 Å². The van der Waals surface area contributed by atoms with E-state index in [4.69, 9.17) is 5.26 Å². The second-order valence-electron chi connectivity index (χ2n) is 3.61. The molecule has 0 aliphatic heterocycles. The summed E-state index contributed by atoms with van der Waals surface area (Å²) in [7, 11) is 0. The average molecular weight is 210 g/mol. The van der Waals surface area contributed by atoms with Crippen LogP contribution in [0.5, 0.6) is 0 Å². The Labute approximate surface area is 87.5 Å². The number of aryl methyl sites for hydroxylation is 1. The van der Waals surface area contributed by atoms with E-state index in [-0.39, 0.29) is 0 Å². The molecule has 0 bridgehead atoms. The molecule has 1 aromatic carbocycles. The molecule has 0 heterocycles. The quantitative estimate of drug-likeness (QED) is 0.832. The number of hydrogen-bond donors (Lipinski definition) is 1. The third-order valence-electron chi connectivity index (χ3n) is 2.12. The van der Waals surface area contributed by atoms with Crippen molar-refractivity contribution in [2.75, 3.05) is 5.32 Å². The van der Waals surface area contributed by atoms with Crippen LogP contribution in [0.3, 0.4) is 0 Å². The molecule has 80 valence electrons. The van der Waals surface area contributed by atoms with Crippen LogP contribution in [0.4, 0.5) is 14.5 Å². The number of nitriles is 1. The van der Waals surface area contributed by atoms with Crippen molar-refractivity contribution < 1.29 is 8.78 Å². The molecule has 4 heteroatoms. The Hall–Kier alpha value is -1.63. The molecular weight excluding hydrogens is 198 g/mol. The van der Waals surface area contributed by atoms with Crippen molar-refractivity contribution in [3.63, 3.8) is 0 Å². The Kier molecular flexibility index (Phi) is 3.25. The van der Waals surface area contributed by atoms with E-state index < -0.39 is 12.0 Å². The minimum absolute atomic E-state index is 0.518. The second kappa shape index (κ2) is 4.26. The summed E-state index contributed by atoms with van der Waals surface area (Å²) < 4.78 is 25.1. The summed E-state index contributed by atoms with van der Waals surface area (Å²) in [6, 6.07) is 8.52. The van der Waals surface area contributed by atoms with Crippen molar-refractivity contribution in [2.45, 2.75) is 25.8 Å². The molecule has 0 radical (unpaired) electrons. The van der Waals surface area contributed by atoms with Crippen LogP contribution in [-0.2, 0) is 0 Å². The minimum Gasteiger partial charge on any atom is -0.363 e. The first-order valence-electron chi connectivity index (χ1n) is 4.52. The van der Waals surface area contributed by atoms with Crippen molar-refractivity contribution in [3.8, 4) is 6.07 Å². The zero-order valence-corrected chi connectivity index (χ0v) is 8.59. The van der Waals surface area contributed by atoms with E-state index in [2.05, 4.69) is 5.32 Å². The van der Waals surface area contributed by atoms with E-state index in [1.54, 1.807) is 30.3 Å². The summed E-state index contributed by atoms with van der Waals surface area (Å²) in [6.45, 7) is 3.08. The number of alkyl halides is 2. The average Bonchev–Trinajstić information content (AvgIpc) is 2.21. The highest BCUT2D eigenvalue weighted by Gasteiger charge is 2.34. The van der Waals surface area contributed by atoms with Crippen LogP contribution in [0.1, 0.15) is 12.5 Å². The lowest BCUT2D eigenvalue weighted by Crippen LogP contribution is -2.40. The normalized spacial score (nSPS) is 14.4. The van der Waals surface area contributed by atoms with Gasteiger partial charge in [0.05, 0.1) is 6.07 Å². The molecule has 0 aromatic heterocycles. The molecule has 15 heavy (non-hydrogen) atoms. The fourth-order valence-electron chi connectivity index (χ4n) is 1.07. The van der Waals surface area contributed by atoms with Crippen molar-refractivity contribution in [1.29, 1.82) is 5.26 Å². The number of rotatable bonds is 3. The first-order chi connectivity index (χ1) is 6.98. The number of hydrogen-bond acceptors (Lipinski definition) is 2. The molecule has 0 fully saturated rings. The monoisotopic (exact) mass is 210 g/mol. The fraction of sp³-hybridized carbons (Fsp3) is 0.364. The first-order valence-corrected chi connectivity index (χ1v) is 4.52. The second-order valence-corrected chi connectivity index (χ2v) is 3.61. The van der Waals surface area contributed by atoms with Crippen LogP contribution >= 0.6 is 0 Å². The van der Waals surface area contributed by atoms with Gasteiger partial charge >= 0.3 is 0 Å². The van der Waals surface area contributed by atoms with E-state index in [1.165, 1.54) is 6.92 Å². The number of anilines is 1. The van der Waals surface area contributed by atoms with Gasteiger partial charge in [-0.15, -0.1) is 0 Å². The Morgan fingerprint density at radius 3 is 2.27 bits per heavy atom.